The molecular weight excluding hydrogens is 312 g/mol. The highest BCUT2D eigenvalue weighted by atomic mass is 79.9. The fourth-order valence-corrected chi connectivity index (χ4v) is 4.38. The van der Waals surface area contributed by atoms with Crippen molar-refractivity contribution in [3.63, 3.8) is 0 Å². The van der Waals surface area contributed by atoms with Crippen LogP contribution in [0.1, 0.15) is 50.5 Å². The SMILES string of the molecule is NCc1ccc(Br)cc1N1CCC2(CCCCC2)CC1. The molecule has 1 saturated heterocycles. The summed E-state index contributed by atoms with van der Waals surface area (Å²) in [5.41, 5.74) is 9.18. The van der Waals surface area contributed by atoms with Gasteiger partial charge in [0.25, 0.3) is 0 Å². The third kappa shape index (κ3) is 2.89. The third-order valence-corrected chi connectivity index (χ3v) is 5.84. The molecule has 1 aliphatic heterocycles. The molecule has 1 aliphatic carbocycles. The van der Waals surface area contributed by atoms with E-state index in [9.17, 15) is 0 Å². The smallest absolute Gasteiger partial charge is 0.0423 e. The molecule has 1 aromatic carbocycles. The molecule has 0 amide bonds. The van der Waals surface area contributed by atoms with Gasteiger partial charge in [-0.3, -0.25) is 0 Å². The third-order valence-electron chi connectivity index (χ3n) is 5.35. The summed E-state index contributed by atoms with van der Waals surface area (Å²) in [4.78, 5) is 2.55. The normalized spacial score (nSPS) is 22.2. The summed E-state index contributed by atoms with van der Waals surface area (Å²) >= 11 is 3.59. The van der Waals surface area contributed by atoms with Crippen LogP contribution in [0.5, 0.6) is 0 Å². The number of hydrogen-bond donors (Lipinski definition) is 1. The second kappa shape index (κ2) is 6.07. The fourth-order valence-electron chi connectivity index (χ4n) is 4.03. The molecule has 1 aromatic rings. The Morgan fingerprint density at radius 2 is 1.75 bits per heavy atom. The van der Waals surface area contributed by atoms with Crippen molar-refractivity contribution in [2.24, 2.45) is 11.1 Å². The summed E-state index contributed by atoms with van der Waals surface area (Å²) < 4.78 is 1.16. The Bertz CT molecular complexity index is 456. The lowest BCUT2D eigenvalue weighted by Crippen LogP contribution is -2.41. The molecule has 2 N–H and O–H groups in total. The van der Waals surface area contributed by atoms with Crippen LogP contribution in [0.2, 0.25) is 0 Å². The molecule has 3 rings (SSSR count). The first kappa shape index (κ1) is 14.4. The lowest BCUT2D eigenvalue weighted by atomic mass is 9.68. The Morgan fingerprint density at radius 1 is 1.05 bits per heavy atom. The van der Waals surface area contributed by atoms with E-state index in [2.05, 4.69) is 39.0 Å². The van der Waals surface area contributed by atoms with E-state index in [1.165, 1.54) is 69.3 Å². The Kier molecular flexibility index (Phi) is 4.37. The zero-order valence-corrected chi connectivity index (χ0v) is 13.8. The van der Waals surface area contributed by atoms with E-state index < -0.39 is 0 Å². The molecule has 3 heteroatoms. The summed E-state index contributed by atoms with van der Waals surface area (Å²) in [6, 6.07) is 6.49. The minimum Gasteiger partial charge on any atom is -0.371 e. The molecule has 1 spiro atoms. The highest BCUT2D eigenvalue weighted by Gasteiger charge is 2.35. The van der Waals surface area contributed by atoms with Gasteiger partial charge in [-0.2, -0.15) is 0 Å². The molecule has 0 bridgehead atoms. The Hall–Kier alpha value is -0.540. The van der Waals surface area contributed by atoms with Crippen LogP contribution < -0.4 is 10.6 Å². The molecule has 2 fully saturated rings. The van der Waals surface area contributed by atoms with Crippen LogP contribution in [0.25, 0.3) is 0 Å². The van der Waals surface area contributed by atoms with Gasteiger partial charge in [-0.15, -0.1) is 0 Å². The van der Waals surface area contributed by atoms with Gasteiger partial charge >= 0.3 is 0 Å². The van der Waals surface area contributed by atoms with Crippen molar-refractivity contribution < 1.29 is 0 Å². The van der Waals surface area contributed by atoms with Crippen LogP contribution in [-0.4, -0.2) is 13.1 Å². The first-order valence-corrected chi connectivity index (χ1v) is 8.75. The quantitative estimate of drug-likeness (QED) is 0.863. The van der Waals surface area contributed by atoms with E-state index in [1.54, 1.807) is 0 Å². The molecule has 110 valence electrons. The number of rotatable bonds is 2. The number of anilines is 1. The molecule has 1 saturated carbocycles. The van der Waals surface area contributed by atoms with Gasteiger partial charge in [-0.25, -0.2) is 0 Å². The van der Waals surface area contributed by atoms with E-state index >= 15 is 0 Å². The molecule has 0 radical (unpaired) electrons. The van der Waals surface area contributed by atoms with Gasteiger partial charge in [0.05, 0.1) is 0 Å². The van der Waals surface area contributed by atoms with E-state index in [1.807, 2.05) is 0 Å². The van der Waals surface area contributed by atoms with Gasteiger partial charge in [0.1, 0.15) is 0 Å². The van der Waals surface area contributed by atoms with Crippen LogP contribution in [-0.2, 0) is 6.54 Å². The Balaban J connectivity index is 1.73. The predicted octanol–water partition coefficient (Wildman–Crippen LogP) is 4.46. The Labute approximate surface area is 130 Å². The van der Waals surface area contributed by atoms with Gasteiger partial charge in [-0.05, 0) is 48.8 Å². The fraction of sp³-hybridized carbons (Fsp3) is 0.647. The van der Waals surface area contributed by atoms with Crippen molar-refractivity contribution >= 4 is 21.6 Å². The van der Waals surface area contributed by atoms with Gasteiger partial charge in [0.2, 0.25) is 0 Å². The summed E-state index contributed by atoms with van der Waals surface area (Å²) in [6.07, 6.45) is 10.0. The second-order valence-electron chi connectivity index (χ2n) is 6.52. The molecule has 1 heterocycles. The van der Waals surface area contributed by atoms with Crippen molar-refractivity contribution in [3.8, 4) is 0 Å². The monoisotopic (exact) mass is 336 g/mol. The molecular formula is C17H25BrN2. The van der Waals surface area contributed by atoms with Crippen LogP contribution in [0.4, 0.5) is 5.69 Å². The maximum absolute atomic E-state index is 5.90. The van der Waals surface area contributed by atoms with Crippen LogP contribution in [0.3, 0.4) is 0 Å². The van der Waals surface area contributed by atoms with E-state index in [0.717, 1.165) is 4.47 Å². The predicted molar refractivity (Wildman–Crippen MR) is 89.0 cm³/mol. The van der Waals surface area contributed by atoms with Gasteiger partial charge in [-0.1, -0.05) is 41.3 Å². The van der Waals surface area contributed by atoms with Crippen molar-refractivity contribution in [3.05, 3.63) is 28.2 Å². The van der Waals surface area contributed by atoms with Crippen LogP contribution in [0.15, 0.2) is 22.7 Å². The van der Waals surface area contributed by atoms with E-state index in [0.29, 0.717) is 12.0 Å². The molecule has 0 atom stereocenters. The summed E-state index contributed by atoms with van der Waals surface area (Å²) in [5.74, 6) is 0. The highest BCUT2D eigenvalue weighted by molar-refractivity contribution is 9.10. The maximum atomic E-state index is 5.90. The average Bonchev–Trinajstić information content (AvgIpc) is 2.49. The lowest BCUT2D eigenvalue weighted by Gasteiger charge is -2.45. The van der Waals surface area contributed by atoms with Crippen molar-refractivity contribution in [1.29, 1.82) is 0 Å². The topological polar surface area (TPSA) is 29.3 Å². The number of piperidine rings is 1. The lowest BCUT2D eigenvalue weighted by molar-refractivity contribution is 0.144. The van der Waals surface area contributed by atoms with E-state index in [-0.39, 0.29) is 0 Å². The van der Waals surface area contributed by atoms with Gasteiger partial charge in [0.15, 0.2) is 0 Å². The standard InChI is InChI=1S/C17H25BrN2/c18-15-5-4-14(13-19)16(12-15)20-10-8-17(9-11-20)6-2-1-3-7-17/h4-5,12H,1-3,6-11,13,19H2. The van der Waals surface area contributed by atoms with Crippen LogP contribution >= 0.6 is 15.9 Å². The van der Waals surface area contributed by atoms with Crippen molar-refractivity contribution in [2.45, 2.75) is 51.5 Å². The number of benzene rings is 1. The number of hydrogen-bond acceptors (Lipinski definition) is 2. The maximum Gasteiger partial charge on any atom is 0.0423 e. The molecule has 2 nitrogen and oxygen atoms in total. The molecule has 0 unspecified atom stereocenters. The minimum absolute atomic E-state index is 0.629. The van der Waals surface area contributed by atoms with Gasteiger partial charge < -0.3 is 10.6 Å². The molecule has 20 heavy (non-hydrogen) atoms. The highest BCUT2D eigenvalue weighted by Crippen LogP contribution is 2.45. The number of nitrogens with zero attached hydrogens (tertiary/aromatic N) is 1. The van der Waals surface area contributed by atoms with Crippen LogP contribution in [0, 0.1) is 5.41 Å². The van der Waals surface area contributed by atoms with Crippen molar-refractivity contribution in [1.82, 2.24) is 0 Å². The summed E-state index contributed by atoms with van der Waals surface area (Å²) in [7, 11) is 0. The minimum atomic E-state index is 0.629. The largest absolute Gasteiger partial charge is 0.371 e. The zero-order valence-electron chi connectivity index (χ0n) is 12.2. The number of nitrogens with two attached hydrogens (primary N) is 1. The van der Waals surface area contributed by atoms with Crippen molar-refractivity contribution in [2.75, 3.05) is 18.0 Å². The first-order valence-electron chi connectivity index (χ1n) is 7.96. The number of halogens is 1. The first-order chi connectivity index (χ1) is 9.72. The second-order valence-corrected chi connectivity index (χ2v) is 7.44. The average molecular weight is 337 g/mol. The molecule has 2 aliphatic rings. The Morgan fingerprint density at radius 3 is 2.40 bits per heavy atom. The summed E-state index contributed by atoms with van der Waals surface area (Å²) in [6.45, 7) is 3.02. The zero-order chi connectivity index (χ0) is 14.0. The molecule has 0 aromatic heterocycles. The van der Waals surface area contributed by atoms with Gasteiger partial charge in [0, 0.05) is 29.8 Å². The summed E-state index contributed by atoms with van der Waals surface area (Å²) in [5, 5.41) is 0. The van der Waals surface area contributed by atoms with E-state index in [4.69, 9.17) is 5.73 Å².